The van der Waals surface area contributed by atoms with Crippen LogP contribution in [0.15, 0.2) is 0 Å². The van der Waals surface area contributed by atoms with Gasteiger partial charge in [-0.1, -0.05) is 22.9 Å². The molecule has 3 nitrogen and oxygen atoms in total. The monoisotopic (exact) mass is 288 g/mol. The molecule has 0 spiro atoms. The molecule has 1 N–H and O–H groups in total. The van der Waals surface area contributed by atoms with Gasteiger partial charge >= 0.3 is 0 Å². The Hall–Kier alpha value is 0.360. The van der Waals surface area contributed by atoms with Gasteiger partial charge in [-0.3, -0.25) is 10.2 Å². The molecule has 3 aliphatic rings. The van der Waals surface area contributed by atoms with Crippen molar-refractivity contribution in [3.63, 3.8) is 0 Å². The summed E-state index contributed by atoms with van der Waals surface area (Å²) in [5, 5.41) is 3.67. The number of nitrogens with one attached hydrogen (secondary N) is 1. The highest BCUT2D eigenvalue weighted by molar-refractivity contribution is 9.09. The fourth-order valence-corrected chi connectivity index (χ4v) is 4.14. The predicted molar refractivity (Wildman–Crippen MR) is 67.8 cm³/mol. The van der Waals surface area contributed by atoms with Gasteiger partial charge in [-0.25, -0.2) is 0 Å². The molecule has 5 atom stereocenters. The molecule has 16 heavy (non-hydrogen) atoms. The number of rotatable bonds is 2. The van der Waals surface area contributed by atoms with Gasteiger partial charge in [0.15, 0.2) is 0 Å². The molecule has 2 saturated heterocycles. The van der Waals surface area contributed by atoms with E-state index in [-0.39, 0.29) is 0 Å². The van der Waals surface area contributed by atoms with Gasteiger partial charge in [-0.05, 0) is 25.2 Å². The Morgan fingerprint density at radius 1 is 1.38 bits per heavy atom. The van der Waals surface area contributed by atoms with Crippen molar-refractivity contribution in [3.05, 3.63) is 0 Å². The van der Waals surface area contributed by atoms with Gasteiger partial charge in [0.05, 0.1) is 6.10 Å². The lowest BCUT2D eigenvalue weighted by molar-refractivity contribution is -0.0717. The highest BCUT2D eigenvalue weighted by Crippen LogP contribution is 2.35. The summed E-state index contributed by atoms with van der Waals surface area (Å²) in [6.07, 6.45) is 4.41. The Morgan fingerprint density at radius 2 is 2.19 bits per heavy atom. The number of ether oxygens (including phenoxy) is 1. The van der Waals surface area contributed by atoms with Crippen LogP contribution in [0.4, 0.5) is 0 Å². The number of hydrogen-bond acceptors (Lipinski definition) is 3. The first-order chi connectivity index (χ1) is 7.75. The summed E-state index contributed by atoms with van der Waals surface area (Å²) in [7, 11) is 0. The molecular formula is C12H21BrN2O. The molecule has 92 valence electrons. The number of halogens is 1. The third-order valence-corrected chi connectivity index (χ3v) is 5.45. The first-order valence-electron chi connectivity index (χ1n) is 6.49. The Kier molecular flexibility index (Phi) is 3.26. The van der Waals surface area contributed by atoms with Gasteiger partial charge in [0, 0.05) is 36.7 Å². The molecule has 0 aromatic carbocycles. The van der Waals surface area contributed by atoms with Gasteiger partial charge in [-0.15, -0.1) is 0 Å². The van der Waals surface area contributed by atoms with Crippen molar-refractivity contribution in [2.45, 2.75) is 49.2 Å². The third-order valence-electron chi connectivity index (χ3n) is 4.42. The van der Waals surface area contributed by atoms with E-state index in [2.05, 4.69) is 33.1 Å². The molecule has 2 aliphatic heterocycles. The Labute approximate surface area is 106 Å². The standard InChI is InChI=1S/C12H21BrN2O/c1-8-2-3-10(13)11-12(8)15(7-14-11)6-9-4-5-16-9/h8-12,14H,2-7H2,1H3. The third kappa shape index (κ3) is 1.94. The zero-order chi connectivity index (χ0) is 11.1. The summed E-state index contributed by atoms with van der Waals surface area (Å²) in [6.45, 7) is 5.54. The molecule has 4 heteroatoms. The van der Waals surface area contributed by atoms with E-state index in [1.54, 1.807) is 0 Å². The van der Waals surface area contributed by atoms with E-state index in [1.807, 2.05) is 0 Å². The molecule has 5 unspecified atom stereocenters. The molecule has 0 amide bonds. The fourth-order valence-electron chi connectivity index (χ4n) is 3.38. The first-order valence-corrected chi connectivity index (χ1v) is 7.40. The maximum Gasteiger partial charge on any atom is 0.0724 e. The Morgan fingerprint density at radius 3 is 2.88 bits per heavy atom. The van der Waals surface area contributed by atoms with Crippen LogP contribution in [-0.2, 0) is 4.74 Å². The molecule has 0 radical (unpaired) electrons. The average molecular weight is 289 g/mol. The van der Waals surface area contributed by atoms with E-state index in [0.29, 0.717) is 23.0 Å². The number of hydrogen-bond donors (Lipinski definition) is 1. The largest absolute Gasteiger partial charge is 0.377 e. The average Bonchev–Trinajstić information content (AvgIpc) is 2.62. The molecule has 0 bridgehead atoms. The minimum atomic E-state index is 0.503. The van der Waals surface area contributed by atoms with Crippen molar-refractivity contribution in [3.8, 4) is 0 Å². The van der Waals surface area contributed by atoms with Crippen LogP contribution in [0.5, 0.6) is 0 Å². The Balaban J connectivity index is 1.66. The van der Waals surface area contributed by atoms with Gasteiger partial charge < -0.3 is 4.74 Å². The van der Waals surface area contributed by atoms with Crippen LogP contribution in [0.3, 0.4) is 0 Å². The maximum atomic E-state index is 5.55. The zero-order valence-corrected chi connectivity index (χ0v) is 11.4. The zero-order valence-electron chi connectivity index (χ0n) is 9.86. The lowest BCUT2D eigenvalue weighted by Crippen LogP contribution is -2.51. The second-order valence-electron chi connectivity index (χ2n) is 5.50. The lowest BCUT2D eigenvalue weighted by atomic mass is 9.82. The van der Waals surface area contributed by atoms with Crippen molar-refractivity contribution in [1.29, 1.82) is 0 Å². The van der Waals surface area contributed by atoms with Crippen molar-refractivity contribution < 1.29 is 4.74 Å². The maximum absolute atomic E-state index is 5.55. The van der Waals surface area contributed by atoms with Crippen molar-refractivity contribution in [2.75, 3.05) is 19.8 Å². The summed E-state index contributed by atoms with van der Waals surface area (Å²) < 4.78 is 5.55. The van der Waals surface area contributed by atoms with Crippen LogP contribution >= 0.6 is 15.9 Å². The van der Waals surface area contributed by atoms with Gasteiger partial charge in [0.2, 0.25) is 0 Å². The molecule has 2 heterocycles. The summed E-state index contributed by atoms with van der Waals surface area (Å²) in [5.74, 6) is 0.814. The molecule has 0 aromatic rings. The summed E-state index contributed by atoms with van der Waals surface area (Å²) >= 11 is 3.83. The first kappa shape index (κ1) is 11.5. The summed E-state index contributed by atoms with van der Waals surface area (Å²) in [4.78, 5) is 3.26. The van der Waals surface area contributed by atoms with Crippen LogP contribution in [0, 0.1) is 5.92 Å². The SMILES string of the molecule is CC1CCC(Br)C2NCN(CC3CCO3)C12. The predicted octanol–water partition coefficient (Wildman–Crippen LogP) is 1.57. The van der Waals surface area contributed by atoms with Crippen molar-refractivity contribution in [1.82, 2.24) is 10.2 Å². The van der Waals surface area contributed by atoms with E-state index >= 15 is 0 Å². The van der Waals surface area contributed by atoms with Crippen molar-refractivity contribution in [2.24, 2.45) is 5.92 Å². The topological polar surface area (TPSA) is 24.5 Å². The smallest absolute Gasteiger partial charge is 0.0724 e. The highest BCUT2D eigenvalue weighted by atomic mass is 79.9. The fraction of sp³-hybridized carbons (Fsp3) is 1.00. The highest BCUT2D eigenvalue weighted by Gasteiger charge is 2.44. The molecule has 3 rings (SSSR count). The number of fused-ring (bicyclic) bond motifs is 1. The normalized spacial score (nSPS) is 48.8. The number of nitrogens with zero attached hydrogens (tertiary/aromatic N) is 1. The van der Waals surface area contributed by atoms with Crippen LogP contribution in [-0.4, -0.2) is 47.7 Å². The van der Waals surface area contributed by atoms with E-state index in [0.717, 1.165) is 25.7 Å². The van der Waals surface area contributed by atoms with E-state index in [4.69, 9.17) is 4.74 Å². The van der Waals surface area contributed by atoms with Crippen LogP contribution < -0.4 is 5.32 Å². The van der Waals surface area contributed by atoms with Gasteiger partial charge in [-0.2, -0.15) is 0 Å². The number of alkyl halides is 1. The quantitative estimate of drug-likeness (QED) is 0.781. The Bertz CT molecular complexity index is 259. The molecular weight excluding hydrogens is 268 g/mol. The molecule has 1 aliphatic carbocycles. The van der Waals surface area contributed by atoms with Crippen LogP contribution in [0.1, 0.15) is 26.2 Å². The molecule has 1 saturated carbocycles. The second-order valence-corrected chi connectivity index (χ2v) is 6.68. The molecule has 0 aromatic heterocycles. The molecule has 3 fully saturated rings. The summed E-state index contributed by atoms with van der Waals surface area (Å²) in [6, 6.07) is 1.35. The summed E-state index contributed by atoms with van der Waals surface area (Å²) in [5.41, 5.74) is 0. The lowest BCUT2D eigenvalue weighted by Gasteiger charge is -2.40. The minimum absolute atomic E-state index is 0.503. The van der Waals surface area contributed by atoms with E-state index in [1.165, 1.54) is 19.3 Å². The van der Waals surface area contributed by atoms with Gasteiger partial charge in [0.1, 0.15) is 0 Å². The van der Waals surface area contributed by atoms with Crippen molar-refractivity contribution >= 4 is 15.9 Å². The second kappa shape index (κ2) is 4.56. The van der Waals surface area contributed by atoms with Crippen LogP contribution in [0.2, 0.25) is 0 Å². The van der Waals surface area contributed by atoms with Gasteiger partial charge in [0.25, 0.3) is 0 Å². The minimum Gasteiger partial charge on any atom is -0.377 e. The van der Waals surface area contributed by atoms with E-state index < -0.39 is 0 Å². The van der Waals surface area contributed by atoms with Crippen LogP contribution in [0.25, 0.3) is 0 Å². The van der Waals surface area contributed by atoms with E-state index in [9.17, 15) is 0 Å².